The Labute approximate surface area is 148 Å². The van der Waals surface area contributed by atoms with Crippen molar-refractivity contribution in [3.05, 3.63) is 48.0 Å². The van der Waals surface area contributed by atoms with Gasteiger partial charge in [0.05, 0.1) is 11.7 Å². The molecule has 132 valence electrons. The number of rotatable bonds is 6. The van der Waals surface area contributed by atoms with Gasteiger partial charge in [-0.3, -0.25) is 14.5 Å². The average Bonchev–Trinajstić information content (AvgIpc) is 3.35. The number of carbonyl (C=O) groups excluding carboxylic acids is 1. The van der Waals surface area contributed by atoms with E-state index in [0.717, 1.165) is 23.6 Å². The number of amides is 1. The quantitative estimate of drug-likeness (QED) is 0.878. The van der Waals surface area contributed by atoms with Crippen LogP contribution in [0, 0.1) is 11.3 Å². The van der Waals surface area contributed by atoms with Gasteiger partial charge in [0.2, 0.25) is 5.91 Å². The Morgan fingerprint density at radius 1 is 1.36 bits per heavy atom. The number of hydrogen-bond donors (Lipinski definition) is 1. The van der Waals surface area contributed by atoms with Crippen LogP contribution in [0.2, 0.25) is 0 Å². The predicted molar refractivity (Wildman–Crippen MR) is 95.7 cm³/mol. The SMILES string of the molecule is Cn1nccc1C(NC(=O)CCC12CCC(CC1)C2)c1cccnc1. The van der Waals surface area contributed by atoms with Gasteiger partial charge in [0, 0.05) is 32.1 Å². The standard InChI is InChI=1S/C20H26N4O/c1-24-17(7-12-22-24)19(16-3-2-11-21-14-16)23-18(25)6-10-20-8-4-15(13-20)5-9-20/h2-3,7,11-12,14-15,19H,4-6,8-10,13H2,1H3,(H,23,25). The largest absolute Gasteiger partial charge is 0.344 e. The van der Waals surface area contributed by atoms with Crippen LogP contribution in [0.1, 0.15) is 62.2 Å². The van der Waals surface area contributed by atoms with Crippen molar-refractivity contribution >= 4 is 5.91 Å². The molecule has 5 nitrogen and oxygen atoms in total. The van der Waals surface area contributed by atoms with Gasteiger partial charge < -0.3 is 5.32 Å². The van der Waals surface area contributed by atoms with E-state index in [-0.39, 0.29) is 11.9 Å². The normalized spacial score (nSPS) is 25.9. The first-order valence-corrected chi connectivity index (χ1v) is 9.32. The second-order valence-corrected chi connectivity index (χ2v) is 7.81. The fourth-order valence-electron chi connectivity index (χ4n) is 4.82. The molecule has 4 rings (SSSR count). The highest BCUT2D eigenvalue weighted by Gasteiger charge is 2.44. The van der Waals surface area contributed by atoms with Crippen LogP contribution in [0.3, 0.4) is 0 Å². The average molecular weight is 338 g/mol. The Hall–Kier alpha value is -2.17. The zero-order chi connectivity index (χ0) is 17.3. The summed E-state index contributed by atoms with van der Waals surface area (Å²) in [5.41, 5.74) is 2.42. The smallest absolute Gasteiger partial charge is 0.220 e. The van der Waals surface area contributed by atoms with Gasteiger partial charge in [-0.15, -0.1) is 0 Å². The molecule has 0 aromatic carbocycles. The van der Waals surface area contributed by atoms with Gasteiger partial charge in [-0.25, -0.2) is 0 Å². The highest BCUT2D eigenvalue weighted by atomic mass is 16.1. The zero-order valence-corrected chi connectivity index (χ0v) is 14.8. The van der Waals surface area contributed by atoms with Gasteiger partial charge in [-0.05, 0) is 67.6 Å². The molecule has 2 aromatic rings. The second kappa shape index (κ2) is 6.62. The molecule has 2 saturated carbocycles. The third kappa shape index (κ3) is 3.32. The number of aromatic nitrogens is 3. The van der Waals surface area contributed by atoms with Crippen molar-refractivity contribution in [1.29, 1.82) is 0 Å². The molecule has 25 heavy (non-hydrogen) atoms. The van der Waals surface area contributed by atoms with Crippen LogP contribution in [-0.4, -0.2) is 20.7 Å². The van der Waals surface area contributed by atoms with E-state index in [1.165, 1.54) is 32.1 Å². The first-order valence-electron chi connectivity index (χ1n) is 9.32. The van der Waals surface area contributed by atoms with Crippen molar-refractivity contribution in [2.75, 3.05) is 0 Å². The Balaban J connectivity index is 1.45. The van der Waals surface area contributed by atoms with Crippen LogP contribution in [0.4, 0.5) is 0 Å². The topological polar surface area (TPSA) is 59.8 Å². The van der Waals surface area contributed by atoms with Gasteiger partial charge in [0.1, 0.15) is 0 Å². The zero-order valence-electron chi connectivity index (χ0n) is 14.8. The summed E-state index contributed by atoms with van der Waals surface area (Å²) < 4.78 is 1.81. The maximum atomic E-state index is 12.7. The molecule has 0 saturated heterocycles. The van der Waals surface area contributed by atoms with Gasteiger partial charge in [0.25, 0.3) is 0 Å². The summed E-state index contributed by atoms with van der Waals surface area (Å²) >= 11 is 0. The van der Waals surface area contributed by atoms with E-state index >= 15 is 0 Å². The highest BCUT2D eigenvalue weighted by molar-refractivity contribution is 5.77. The summed E-state index contributed by atoms with van der Waals surface area (Å²) in [7, 11) is 1.90. The lowest BCUT2D eigenvalue weighted by Gasteiger charge is -2.26. The van der Waals surface area contributed by atoms with E-state index in [4.69, 9.17) is 0 Å². The van der Waals surface area contributed by atoms with Gasteiger partial charge in [-0.2, -0.15) is 5.10 Å². The van der Waals surface area contributed by atoms with Crippen molar-refractivity contribution in [3.8, 4) is 0 Å². The first kappa shape index (κ1) is 16.3. The Kier molecular flexibility index (Phi) is 4.32. The van der Waals surface area contributed by atoms with E-state index < -0.39 is 0 Å². The molecule has 1 unspecified atom stereocenters. The van der Waals surface area contributed by atoms with Crippen molar-refractivity contribution in [2.45, 2.75) is 51.0 Å². The van der Waals surface area contributed by atoms with Crippen molar-refractivity contribution < 1.29 is 4.79 Å². The first-order chi connectivity index (χ1) is 12.2. The number of nitrogens with one attached hydrogen (secondary N) is 1. The summed E-state index contributed by atoms with van der Waals surface area (Å²) in [5, 5.41) is 7.47. The lowest BCUT2D eigenvalue weighted by molar-refractivity contribution is -0.122. The lowest BCUT2D eigenvalue weighted by atomic mass is 9.80. The molecule has 2 aromatic heterocycles. The van der Waals surface area contributed by atoms with Crippen molar-refractivity contribution in [1.82, 2.24) is 20.1 Å². The van der Waals surface area contributed by atoms with E-state index in [1.807, 2.05) is 36.1 Å². The minimum absolute atomic E-state index is 0.125. The van der Waals surface area contributed by atoms with E-state index in [2.05, 4.69) is 15.4 Å². The maximum Gasteiger partial charge on any atom is 0.220 e. The summed E-state index contributed by atoms with van der Waals surface area (Å²) in [6, 6.07) is 5.66. The van der Waals surface area contributed by atoms with Gasteiger partial charge in [-0.1, -0.05) is 6.07 Å². The monoisotopic (exact) mass is 338 g/mol. The molecule has 1 amide bonds. The minimum Gasteiger partial charge on any atom is -0.344 e. The third-order valence-electron chi connectivity index (χ3n) is 6.25. The number of aryl methyl sites for hydroxylation is 1. The van der Waals surface area contributed by atoms with Crippen LogP contribution in [-0.2, 0) is 11.8 Å². The van der Waals surface area contributed by atoms with Crippen LogP contribution in [0.15, 0.2) is 36.8 Å². The molecule has 1 atom stereocenters. The van der Waals surface area contributed by atoms with Crippen molar-refractivity contribution in [3.63, 3.8) is 0 Å². The fraction of sp³-hybridized carbons (Fsp3) is 0.550. The number of fused-ring (bicyclic) bond motifs is 2. The van der Waals surface area contributed by atoms with Crippen molar-refractivity contribution in [2.24, 2.45) is 18.4 Å². The van der Waals surface area contributed by atoms with Crippen LogP contribution < -0.4 is 5.32 Å². The second-order valence-electron chi connectivity index (χ2n) is 7.81. The van der Waals surface area contributed by atoms with Gasteiger partial charge in [0.15, 0.2) is 0 Å². The van der Waals surface area contributed by atoms with Crippen LogP contribution >= 0.6 is 0 Å². The Bertz CT molecular complexity index is 731. The summed E-state index contributed by atoms with van der Waals surface area (Å²) in [5.74, 6) is 1.06. The van der Waals surface area contributed by atoms with Gasteiger partial charge >= 0.3 is 0 Å². The van der Waals surface area contributed by atoms with E-state index in [1.54, 1.807) is 12.4 Å². The molecular formula is C20H26N4O. The Morgan fingerprint density at radius 3 is 2.80 bits per heavy atom. The van der Waals surface area contributed by atoms with Crippen LogP contribution in [0.25, 0.3) is 0 Å². The molecule has 0 radical (unpaired) electrons. The summed E-state index contributed by atoms with van der Waals surface area (Å²) in [6.07, 6.45) is 13.7. The molecular weight excluding hydrogens is 312 g/mol. The van der Waals surface area contributed by atoms with Crippen LogP contribution in [0.5, 0.6) is 0 Å². The summed E-state index contributed by atoms with van der Waals surface area (Å²) in [4.78, 5) is 16.9. The minimum atomic E-state index is -0.203. The number of hydrogen-bond acceptors (Lipinski definition) is 3. The number of carbonyl (C=O) groups is 1. The molecule has 0 aliphatic heterocycles. The number of pyridine rings is 1. The Morgan fingerprint density at radius 2 is 2.20 bits per heavy atom. The molecule has 2 bridgehead atoms. The molecule has 0 spiro atoms. The summed E-state index contributed by atoms with van der Waals surface area (Å²) in [6.45, 7) is 0. The number of nitrogens with zero attached hydrogens (tertiary/aromatic N) is 3. The molecule has 2 fully saturated rings. The molecule has 5 heteroatoms. The maximum absolute atomic E-state index is 12.7. The lowest BCUT2D eigenvalue weighted by Crippen LogP contribution is -2.31. The predicted octanol–water partition coefficient (Wildman–Crippen LogP) is 3.38. The molecule has 1 N–H and O–H groups in total. The fourth-order valence-corrected chi connectivity index (χ4v) is 4.82. The van der Waals surface area contributed by atoms with E-state index in [0.29, 0.717) is 11.8 Å². The molecule has 2 aliphatic carbocycles. The molecule has 2 heterocycles. The van der Waals surface area contributed by atoms with E-state index in [9.17, 15) is 4.79 Å². The molecule has 2 aliphatic rings. The third-order valence-corrected chi connectivity index (χ3v) is 6.25. The highest BCUT2D eigenvalue weighted by Crippen LogP contribution is 2.56.